The maximum Gasteiger partial charge on any atom is 0.122 e. The second-order valence-electron chi connectivity index (χ2n) is 6.71. The maximum atomic E-state index is 10.3. The molecule has 1 aromatic carbocycles. The first-order valence-corrected chi connectivity index (χ1v) is 8.79. The number of hydrogen-bond donors (Lipinski definition) is 1. The Morgan fingerprint density at radius 2 is 2.28 bits per heavy atom. The fourth-order valence-electron chi connectivity index (χ4n) is 3.07. The number of hydrogen-bond acceptors (Lipinski definition) is 5. The van der Waals surface area contributed by atoms with Gasteiger partial charge in [0, 0.05) is 32.0 Å². The normalized spacial score (nSPS) is 19.7. The van der Waals surface area contributed by atoms with Crippen LogP contribution < -0.4 is 4.74 Å². The van der Waals surface area contributed by atoms with Gasteiger partial charge in [-0.3, -0.25) is 9.58 Å². The molecular formula is C19H27N3O3. The van der Waals surface area contributed by atoms with Gasteiger partial charge in [-0.1, -0.05) is 12.1 Å². The zero-order valence-electron chi connectivity index (χ0n) is 15.0. The summed E-state index contributed by atoms with van der Waals surface area (Å²) in [4.78, 5) is 2.23. The summed E-state index contributed by atoms with van der Waals surface area (Å²) in [6.45, 7) is 7.97. The van der Waals surface area contributed by atoms with E-state index in [9.17, 15) is 5.11 Å². The van der Waals surface area contributed by atoms with Crippen molar-refractivity contribution in [2.24, 2.45) is 0 Å². The lowest BCUT2D eigenvalue weighted by molar-refractivity contribution is -0.0517. The monoisotopic (exact) mass is 345 g/mol. The van der Waals surface area contributed by atoms with Crippen LogP contribution in [0.3, 0.4) is 0 Å². The molecule has 3 rings (SSSR count). The van der Waals surface area contributed by atoms with Crippen molar-refractivity contribution < 1.29 is 14.6 Å². The topological polar surface area (TPSA) is 59.8 Å². The van der Waals surface area contributed by atoms with Gasteiger partial charge in [0.2, 0.25) is 0 Å². The number of aromatic nitrogens is 2. The third-order valence-corrected chi connectivity index (χ3v) is 4.42. The van der Waals surface area contributed by atoms with Gasteiger partial charge in [-0.05, 0) is 37.1 Å². The molecule has 2 aromatic rings. The summed E-state index contributed by atoms with van der Waals surface area (Å²) in [7, 11) is 0. The Morgan fingerprint density at radius 1 is 1.40 bits per heavy atom. The molecule has 6 heteroatoms. The predicted molar refractivity (Wildman–Crippen MR) is 95.8 cm³/mol. The Morgan fingerprint density at radius 3 is 3.08 bits per heavy atom. The fraction of sp³-hybridized carbons (Fsp3) is 0.526. The number of morpholine rings is 1. The molecule has 0 spiro atoms. The van der Waals surface area contributed by atoms with Gasteiger partial charge in [0.25, 0.3) is 0 Å². The molecule has 1 saturated heterocycles. The van der Waals surface area contributed by atoms with Crippen molar-refractivity contribution in [3.63, 3.8) is 0 Å². The minimum Gasteiger partial charge on any atom is -0.491 e. The third kappa shape index (κ3) is 5.29. The molecule has 0 amide bonds. The van der Waals surface area contributed by atoms with Gasteiger partial charge in [-0.15, -0.1) is 0 Å². The molecule has 2 atom stereocenters. The second-order valence-corrected chi connectivity index (χ2v) is 6.71. The molecular weight excluding hydrogens is 318 g/mol. The van der Waals surface area contributed by atoms with Gasteiger partial charge in [0.05, 0.1) is 19.3 Å². The highest BCUT2D eigenvalue weighted by Gasteiger charge is 2.23. The zero-order chi connectivity index (χ0) is 17.6. The minimum atomic E-state index is -0.525. The SMILES string of the molecule is Cc1ccc(C)c(OC[C@@H](O)CN2CCO[C@@H](Cn3cccn3)C2)c1. The van der Waals surface area contributed by atoms with E-state index in [0.29, 0.717) is 19.8 Å². The first-order chi connectivity index (χ1) is 12.1. The van der Waals surface area contributed by atoms with Crippen LogP contribution in [0.1, 0.15) is 11.1 Å². The van der Waals surface area contributed by atoms with E-state index in [0.717, 1.165) is 36.5 Å². The van der Waals surface area contributed by atoms with Crippen LogP contribution in [0.25, 0.3) is 0 Å². The van der Waals surface area contributed by atoms with E-state index < -0.39 is 6.10 Å². The molecule has 1 aromatic heterocycles. The van der Waals surface area contributed by atoms with Crippen molar-refractivity contribution in [1.29, 1.82) is 0 Å². The van der Waals surface area contributed by atoms with Crippen molar-refractivity contribution in [2.75, 3.05) is 32.8 Å². The quantitative estimate of drug-likeness (QED) is 0.827. The molecule has 1 fully saturated rings. The van der Waals surface area contributed by atoms with Gasteiger partial charge in [0.1, 0.15) is 18.5 Å². The Bertz CT molecular complexity index is 660. The predicted octanol–water partition coefficient (Wildman–Crippen LogP) is 1.64. The number of ether oxygens (including phenoxy) is 2. The molecule has 136 valence electrons. The molecule has 0 aliphatic carbocycles. The molecule has 1 N–H and O–H groups in total. The number of aliphatic hydroxyl groups is 1. The Kier molecular flexibility index (Phi) is 6.07. The van der Waals surface area contributed by atoms with E-state index in [4.69, 9.17) is 9.47 Å². The van der Waals surface area contributed by atoms with E-state index in [2.05, 4.69) is 16.1 Å². The first kappa shape index (κ1) is 17.9. The highest BCUT2D eigenvalue weighted by Crippen LogP contribution is 2.19. The van der Waals surface area contributed by atoms with Crippen LogP contribution in [-0.4, -0.2) is 64.8 Å². The smallest absolute Gasteiger partial charge is 0.122 e. The number of rotatable bonds is 7. The molecule has 0 bridgehead atoms. The van der Waals surface area contributed by atoms with Crippen molar-refractivity contribution in [1.82, 2.24) is 14.7 Å². The van der Waals surface area contributed by atoms with Gasteiger partial charge in [-0.25, -0.2) is 0 Å². The molecule has 0 unspecified atom stereocenters. The van der Waals surface area contributed by atoms with Crippen molar-refractivity contribution in [3.05, 3.63) is 47.8 Å². The number of β-amino-alcohol motifs (C(OH)–C–C–N with tert-alkyl or cyclic N) is 1. The number of aliphatic hydroxyl groups excluding tert-OH is 1. The average Bonchev–Trinajstić information content (AvgIpc) is 3.09. The van der Waals surface area contributed by atoms with Crippen LogP contribution in [0.2, 0.25) is 0 Å². The van der Waals surface area contributed by atoms with E-state index >= 15 is 0 Å². The summed E-state index contributed by atoms with van der Waals surface area (Å²) in [5, 5.41) is 14.6. The molecule has 0 saturated carbocycles. The van der Waals surface area contributed by atoms with Crippen LogP contribution in [0.5, 0.6) is 5.75 Å². The summed E-state index contributed by atoms with van der Waals surface area (Å²) in [6.07, 6.45) is 3.29. The van der Waals surface area contributed by atoms with Crippen LogP contribution >= 0.6 is 0 Å². The molecule has 1 aliphatic heterocycles. The average molecular weight is 345 g/mol. The van der Waals surface area contributed by atoms with E-state index in [-0.39, 0.29) is 6.10 Å². The van der Waals surface area contributed by atoms with Crippen molar-refractivity contribution >= 4 is 0 Å². The summed E-state index contributed by atoms with van der Waals surface area (Å²) in [5.74, 6) is 0.845. The standard InChI is InChI=1S/C19H27N3O3/c1-15-4-5-16(2)19(10-15)25-14-17(23)11-21-8-9-24-18(12-21)13-22-7-3-6-20-22/h3-7,10,17-18,23H,8-9,11-14H2,1-2H3/t17-,18+/m0/s1. The van der Waals surface area contributed by atoms with Crippen molar-refractivity contribution in [2.45, 2.75) is 32.6 Å². The highest BCUT2D eigenvalue weighted by atomic mass is 16.5. The summed E-state index contributed by atoms with van der Waals surface area (Å²) >= 11 is 0. The molecule has 2 heterocycles. The fourth-order valence-corrected chi connectivity index (χ4v) is 3.07. The van der Waals surface area contributed by atoms with Gasteiger partial charge in [0.15, 0.2) is 0 Å². The molecule has 0 radical (unpaired) electrons. The van der Waals surface area contributed by atoms with E-state index in [1.165, 1.54) is 0 Å². The Hall–Kier alpha value is -1.89. The Balaban J connectivity index is 1.45. The van der Waals surface area contributed by atoms with Crippen LogP contribution in [-0.2, 0) is 11.3 Å². The molecule has 1 aliphatic rings. The Labute approximate surface area is 149 Å². The van der Waals surface area contributed by atoms with Gasteiger partial charge in [-0.2, -0.15) is 5.10 Å². The van der Waals surface area contributed by atoms with Crippen molar-refractivity contribution in [3.8, 4) is 5.75 Å². The van der Waals surface area contributed by atoms with Crippen LogP contribution in [0.15, 0.2) is 36.7 Å². The lowest BCUT2D eigenvalue weighted by Crippen LogP contribution is -2.47. The third-order valence-electron chi connectivity index (χ3n) is 4.42. The zero-order valence-corrected chi connectivity index (χ0v) is 15.0. The van der Waals surface area contributed by atoms with Gasteiger partial charge < -0.3 is 14.6 Å². The summed E-state index contributed by atoms with van der Waals surface area (Å²) in [6, 6.07) is 8.02. The minimum absolute atomic E-state index is 0.0979. The molecule has 25 heavy (non-hydrogen) atoms. The number of nitrogens with zero attached hydrogens (tertiary/aromatic N) is 3. The lowest BCUT2D eigenvalue weighted by Gasteiger charge is -2.34. The maximum absolute atomic E-state index is 10.3. The van der Waals surface area contributed by atoms with E-state index in [1.807, 2.05) is 42.9 Å². The lowest BCUT2D eigenvalue weighted by atomic mass is 10.1. The largest absolute Gasteiger partial charge is 0.491 e. The molecule has 6 nitrogen and oxygen atoms in total. The van der Waals surface area contributed by atoms with Gasteiger partial charge >= 0.3 is 0 Å². The van der Waals surface area contributed by atoms with E-state index in [1.54, 1.807) is 6.20 Å². The summed E-state index contributed by atoms with van der Waals surface area (Å²) in [5.41, 5.74) is 2.24. The summed E-state index contributed by atoms with van der Waals surface area (Å²) < 4.78 is 13.5. The first-order valence-electron chi connectivity index (χ1n) is 8.79. The number of benzene rings is 1. The number of aryl methyl sites for hydroxylation is 2. The highest BCUT2D eigenvalue weighted by molar-refractivity contribution is 5.35. The second kappa shape index (κ2) is 8.47. The van der Waals surface area contributed by atoms with Crippen LogP contribution in [0.4, 0.5) is 0 Å². The van der Waals surface area contributed by atoms with Crippen LogP contribution in [0, 0.1) is 13.8 Å².